The summed E-state index contributed by atoms with van der Waals surface area (Å²) in [6.45, 7) is 2.05. The molecule has 2 heterocycles. The molecule has 4 rings (SSSR count). The summed E-state index contributed by atoms with van der Waals surface area (Å²) < 4.78 is 7.14. The molecule has 0 aliphatic rings. The van der Waals surface area contributed by atoms with Crippen molar-refractivity contribution in [2.75, 3.05) is 12.4 Å². The molecule has 0 saturated carbocycles. The number of fused-ring (bicyclic) bond motifs is 1. The van der Waals surface area contributed by atoms with Gasteiger partial charge >= 0.3 is 0 Å². The molecule has 0 aliphatic heterocycles. The van der Waals surface area contributed by atoms with E-state index in [2.05, 4.69) is 15.3 Å². The highest BCUT2D eigenvalue weighted by Gasteiger charge is 2.17. The Morgan fingerprint density at radius 3 is 2.77 bits per heavy atom. The van der Waals surface area contributed by atoms with Crippen molar-refractivity contribution in [2.24, 2.45) is 0 Å². The van der Waals surface area contributed by atoms with Crippen LogP contribution in [0.3, 0.4) is 0 Å². The standard InChI is InChI=1S/C20H18N4O2/c1-13-6-3-4-7-15(13)22-19-18(23-20-21-10-5-11-24(19)20)14-8-9-16(25)17(12-14)26-2/h3-12,22,25H,1-2H3. The number of nitrogens with zero attached hydrogens (tertiary/aromatic N) is 3. The molecule has 0 atom stereocenters. The molecule has 0 aliphatic carbocycles. The lowest BCUT2D eigenvalue weighted by Gasteiger charge is -2.11. The van der Waals surface area contributed by atoms with Crippen molar-refractivity contribution < 1.29 is 9.84 Å². The smallest absolute Gasteiger partial charge is 0.235 e. The van der Waals surface area contributed by atoms with Crippen LogP contribution in [0.5, 0.6) is 11.5 Å². The summed E-state index contributed by atoms with van der Waals surface area (Å²) in [5, 5.41) is 13.4. The Balaban J connectivity index is 1.91. The third kappa shape index (κ3) is 2.71. The Bertz CT molecular complexity index is 1090. The highest BCUT2D eigenvalue weighted by atomic mass is 16.5. The zero-order chi connectivity index (χ0) is 18.1. The maximum atomic E-state index is 9.88. The van der Waals surface area contributed by atoms with E-state index in [1.807, 2.05) is 53.9 Å². The first kappa shape index (κ1) is 16.0. The summed E-state index contributed by atoms with van der Waals surface area (Å²) in [5.41, 5.74) is 3.66. The Morgan fingerprint density at radius 1 is 1.12 bits per heavy atom. The molecule has 0 spiro atoms. The quantitative estimate of drug-likeness (QED) is 0.580. The second-order valence-electron chi connectivity index (χ2n) is 5.93. The van der Waals surface area contributed by atoms with Crippen LogP contribution in [-0.4, -0.2) is 26.6 Å². The van der Waals surface area contributed by atoms with Gasteiger partial charge in [-0.3, -0.25) is 4.40 Å². The molecule has 6 nitrogen and oxygen atoms in total. The van der Waals surface area contributed by atoms with Gasteiger partial charge in [0, 0.05) is 23.6 Å². The minimum atomic E-state index is 0.0894. The van der Waals surface area contributed by atoms with Crippen molar-refractivity contribution >= 4 is 17.3 Å². The van der Waals surface area contributed by atoms with E-state index in [1.165, 1.54) is 7.11 Å². The van der Waals surface area contributed by atoms with Gasteiger partial charge < -0.3 is 15.2 Å². The highest BCUT2D eigenvalue weighted by molar-refractivity contribution is 5.80. The van der Waals surface area contributed by atoms with Crippen LogP contribution < -0.4 is 10.1 Å². The van der Waals surface area contributed by atoms with Crippen molar-refractivity contribution in [3.63, 3.8) is 0 Å². The number of aromatic hydroxyl groups is 1. The summed E-state index contributed by atoms with van der Waals surface area (Å²) in [6, 6.07) is 15.1. The van der Waals surface area contributed by atoms with Gasteiger partial charge in [-0.1, -0.05) is 18.2 Å². The van der Waals surface area contributed by atoms with Gasteiger partial charge in [0.05, 0.1) is 7.11 Å². The molecule has 0 amide bonds. The fraction of sp³-hybridized carbons (Fsp3) is 0.100. The number of hydrogen-bond acceptors (Lipinski definition) is 5. The lowest BCUT2D eigenvalue weighted by molar-refractivity contribution is 0.373. The monoisotopic (exact) mass is 346 g/mol. The Hall–Kier alpha value is -3.54. The van der Waals surface area contributed by atoms with E-state index in [1.54, 1.807) is 18.3 Å². The molecule has 2 aromatic heterocycles. The third-order valence-electron chi connectivity index (χ3n) is 4.25. The normalized spacial score (nSPS) is 10.8. The number of phenolic OH excluding ortho intramolecular Hbond substituents is 1. The average molecular weight is 346 g/mol. The maximum absolute atomic E-state index is 9.88. The number of anilines is 2. The summed E-state index contributed by atoms with van der Waals surface area (Å²) in [6.07, 6.45) is 3.62. The molecule has 4 aromatic rings. The Kier molecular flexibility index (Phi) is 3.93. The van der Waals surface area contributed by atoms with Crippen molar-refractivity contribution in [2.45, 2.75) is 6.92 Å². The number of methoxy groups -OCH3 is 1. The highest BCUT2D eigenvalue weighted by Crippen LogP contribution is 2.36. The number of phenols is 1. The number of benzene rings is 2. The number of ether oxygens (including phenoxy) is 1. The topological polar surface area (TPSA) is 71.7 Å². The molecule has 0 bridgehead atoms. The minimum absolute atomic E-state index is 0.0894. The number of nitrogens with one attached hydrogen (secondary N) is 1. The van der Waals surface area contributed by atoms with E-state index < -0.39 is 0 Å². The van der Waals surface area contributed by atoms with Crippen LogP contribution in [0.1, 0.15) is 5.56 Å². The van der Waals surface area contributed by atoms with Crippen LogP contribution in [0.25, 0.3) is 17.0 Å². The van der Waals surface area contributed by atoms with Crippen LogP contribution in [0.15, 0.2) is 60.9 Å². The first-order valence-corrected chi connectivity index (χ1v) is 8.20. The molecular formula is C20H18N4O2. The third-order valence-corrected chi connectivity index (χ3v) is 4.25. The average Bonchev–Trinajstić information content (AvgIpc) is 3.03. The molecule has 0 fully saturated rings. The molecule has 2 aromatic carbocycles. The van der Waals surface area contributed by atoms with E-state index in [-0.39, 0.29) is 5.75 Å². The minimum Gasteiger partial charge on any atom is -0.504 e. The van der Waals surface area contributed by atoms with E-state index in [9.17, 15) is 5.11 Å². The van der Waals surface area contributed by atoms with Crippen molar-refractivity contribution in [3.05, 3.63) is 66.5 Å². The van der Waals surface area contributed by atoms with Gasteiger partial charge in [-0.05, 0) is 42.8 Å². The number of aromatic nitrogens is 3. The lowest BCUT2D eigenvalue weighted by atomic mass is 10.1. The largest absolute Gasteiger partial charge is 0.504 e. The van der Waals surface area contributed by atoms with Crippen LogP contribution in [0.2, 0.25) is 0 Å². The van der Waals surface area contributed by atoms with E-state index in [0.717, 1.165) is 28.3 Å². The van der Waals surface area contributed by atoms with Crippen LogP contribution >= 0.6 is 0 Å². The molecule has 0 radical (unpaired) electrons. The molecule has 130 valence electrons. The van der Waals surface area contributed by atoms with Gasteiger partial charge in [-0.15, -0.1) is 0 Å². The van der Waals surface area contributed by atoms with Gasteiger partial charge in [-0.25, -0.2) is 9.97 Å². The number of aryl methyl sites for hydroxylation is 1. The Morgan fingerprint density at radius 2 is 1.96 bits per heavy atom. The summed E-state index contributed by atoms with van der Waals surface area (Å²) in [4.78, 5) is 9.01. The first-order chi connectivity index (χ1) is 12.7. The zero-order valence-electron chi connectivity index (χ0n) is 14.5. The number of imidazole rings is 1. The number of para-hydroxylation sites is 1. The second-order valence-corrected chi connectivity index (χ2v) is 5.93. The maximum Gasteiger partial charge on any atom is 0.235 e. The second kappa shape index (κ2) is 6.40. The first-order valence-electron chi connectivity index (χ1n) is 8.20. The summed E-state index contributed by atoms with van der Waals surface area (Å²) >= 11 is 0. The molecule has 2 N–H and O–H groups in total. The predicted molar refractivity (Wildman–Crippen MR) is 101 cm³/mol. The van der Waals surface area contributed by atoms with Crippen molar-refractivity contribution in [3.8, 4) is 22.8 Å². The van der Waals surface area contributed by atoms with Gasteiger partial charge in [-0.2, -0.15) is 0 Å². The molecule has 0 saturated heterocycles. The summed E-state index contributed by atoms with van der Waals surface area (Å²) in [7, 11) is 1.52. The van der Waals surface area contributed by atoms with Gasteiger partial charge in [0.25, 0.3) is 0 Å². The SMILES string of the molecule is COc1cc(-c2nc3ncccn3c2Nc2ccccc2C)ccc1O. The number of hydrogen-bond donors (Lipinski definition) is 2. The number of rotatable bonds is 4. The fourth-order valence-electron chi connectivity index (χ4n) is 2.87. The summed E-state index contributed by atoms with van der Waals surface area (Å²) in [5.74, 6) is 1.88. The predicted octanol–water partition coefficient (Wildman–Crippen LogP) is 4.16. The molecule has 6 heteroatoms. The van der Waals surface area contributed by atoms with Crippen molar-refractivity contribution in [1.82, 2.24) is 14.4 Å². The van der Waals surface area contributed by atoms with E-state index in [0.29, 0.717) is 11.5 Å². The van der Waals surface area contributed by atoms with Gasteiger partial charge in [0.1, 0.15) is 11.5 Å². The lowest BCUT2D eigenvalue weighted by Crippen LogP contribution is -1.99. The van der Waals surface area contributed by atoms with Gasteiger partial charge in [0.2, 0.25) is 5.78 Å². The van der Waals surface area contributed by atoms with Gasteiger partial charge in [0.15, 0.2) is 11.5 Å². The van der Waals surface area contributed by atoms with Crippen LogP contribution in [0.4, 0.5) is 11.5 Å². The molecular weight excluding hydrogens is 328 g/mol. The molecule has 0 unspecified atom stereocenters. The fourth-order valence-corrected chi connectivity index (χ4v) is 2.87. The zero-order valence-corrected chi connectivity index (χ0v) is 14.5. The molecule has 26 heavy (non-hydrogen) atoms. The van der Waals surface area contributed by atoms with Crippen LogP contribution in [0, 0.1) is 6.92 Å². The van der Waals surface area contributed by atoms with Crippen molar-refractivity contribution in [1.29, 1.82) is 0 Å². The van der Waals surface area contributed by atoms with E-state index >= 15 is 0 Å². The van der Waals surface area contributed by atoms with E-state index in [4.69, 9.17) is 4.74 Å². The van der Waals surface area contributed by atoms with Crippen LogP contribution in [-0.2, 0) is 0 Å². The Labute approximate surface area is 150 Å².